The number of thioether (sulfide) groups is 1. The highest BCUT2D eigenvalue weighted by atomic mass is 35.5. The van der Waals surface area contributed by atoms with Crippen LogP contribution in [0.3, 0.4) is 0 Å². The third-order valence-electron chi connectivity index (χ3n) is 3.88. The maximum absolute atomic E-state index is 13.8. The Labute approximate surface area is 171 Å². The second-order valence-corrected chi connectivity index (χ2v) is 8.37. The van der Waals surface area contributed by atoms with Gasteiger partial charge in [0.1, 0.15) is 5.82 Å². The number of carbonyl (C=O) groups is 1. The molecule has 0 saturated heterocycles. The van der Waals surface area contributed by atoms with Crippen LogP contribution >= 0.6 is 34.7 Å². The number of halogens is 2. The molecule has 1 amide bonds. The lowest BCUT2D eigenvalue weighted by atomic mass is 10.1. The fraction of sp³-hybridized carbons (Fsp3) is 0.200. The predicted octanol–water partition coefficient (Wildman–Crippen LogP) is 6.53. The van der Waals surface area contributed by atoms with Gasteiger partial charge < -0.3 is 0 Å². The number of aromatic nitrogens is 1. The predicted molar refractivity (Wildman–Crippen MR) is 112 cm³/mol. The molecule has 0 N–H and O–H groups in total. The molecule has 2 aromatic carbocycles. The number of benzene rings is 2. The number of anilines is 2. The first-order valence-corrected chi connectivity index (χ1v) is 10.5. The summed E-state index contributed by atoms with van der Waals surface area (Å²) in [6.45, 7) is 5.37. The molecular weight excluding hydrogens is 403 g/mol. The Kier molecular flexibility index (Phi) is 6.19. The van der Waals surface area contributed by atoms with Crippen molar-refractivity contribution in [3.05, 3.63) is 69.4 Å². The second-order valence-electron chi connectivity index (χ2n) is 6.11. The molecule has 27 heavy (non-hydrogen) atoms. The molecule has 1 aromatic heterocycles. The largest absolute Gasteiger partial charge is 0.274 e. The van der Waals surface area contributed by atoms with Crippen molar-refractivity contribution >= 4 is 51.4 Å². The molecule has 0 fully saturated rings. The lowest BCUT2D eigenvalue weighted by molar-refractivity contribution is -0.115. The van der Waals surface area contributed by atoms with Gasteiger partial charge in [-0.25, -0.2) is 9.37 Å². The summed E-state index contributed by atoms with van der Waals surface area (Å²) in [4.78, 5) is 19.0. The molecular formula is C20H18ClFN2OS2. The number of aryl methyl sites for hydroxylation is 2. The highest BCUT2D eigenvalue weighted by Crippen LogP contribution is 2.38. The molecule has 0 aliphatic rings. The van der Waals surface area contributed by atoms with Gasteiger partial charge in [-0.05, 0) is 43.2 Å². The third-order valence-corrected chi connectivity index (χ3v) is 6.12. The van der Waals surface area contributed by atoms with Crippen LogP contribution in [0.1, 0.15) is 23.7 Å². The van der Waals surface area contributed by atoms with E-state index in [0.717, 1.165) is 16.8 Å². The van der Waals surface area contributed by atoms with Crippen molar-refractivity contribution in [1.82, 2.24) is 4.98 Å². The zero-order valence-corrected chi connectivity index (χ0v) is 17.5. The highest BCUT2D eigenvalue weighted by Gasteiger charge is 2.22. The monoisotopic (exact) mass is 420 g/mol. The summed E-state index contributed by atoms with van der Waals surface area (Å²) in [6, 6.07) is 10.5. The van der Waals surface area contributed by atoms with Gasteiger partial charge in [-0.2, -0.15) is 0 Å². The molecule has 3 nitrogen and oxygen atoms in total. The van der Waals surface area contributed by atoms with Gasteiger partial charge in [0.2, 0.25) is 5.91 Å². The number of carbonyl (C=O) groups excluding carboxylic acids is 1. The average molecular weight is 421 g/mol. The maximum Gasteiger partial charge on any atom is 0.230 e. The van der Waals surface area contributed by atoms with Gasteiger partial charge in [0, 0.05) is 23.0 Å². The topological polar surface area (TPSA) is 33.2 Å². The van der Waals surface area contributed by atoms with Crippen LogP contribution in [0.4, 0.5) is 15.2 Å². The molecule has 0 unspecified atom stereocenters. The minimum atomic E-state index is -0.245. The van der Waals surface area contributed by atoms with Crippen molar-refractivity contribution in [2.24, 2.45) is 0 Å². The zero-order chi connectivity index (χ0) is 19.6. The minimum Gasteiger partial charge on any atom is -0.274 e. The SMILES string of the molecule is CC(=O)N(c1nc(CSc2ccccc2F)cs1)c1c(C)cc(C)cc1Cl. The van der Waals surface area contributed by atoms with E-state index in [-0.39, 0.29) is 11.7 Å². The Morgan fingerprint density at radius 3 is 2.70 bits per heavy atom. The van der Waals surface area contributed by atoms with Gasteiger partial charge in [0.05, 0.1) is 16.4 Å². The Balaban J connectivity index is 1.87. The van der Waals surface area contributed by atoms with Crippen molar-refractivity contribution < 1.29 is 9.18 Å². The van der Waals surface area contributed by atoms with Crippen LogP contribution in [0.5, 0.6) is 0 Å². The van der Waals surface area contributed by atoms with Crippen molar-refractivity contribution in [2.75, 3.05) is 4.90 Å². The van der Waals surface area contributed by atoms with E-state index in [1.54, 1.807) is 23.1 Å². The fourth-order valence-electron chi connectivity index (χ4n) is 2.76. The summed E-state index contributed by atoms with van der Waals surface area (Å²) >= 11 is 9.17. The molecule has 0 radical (unpaired) electrons. The number of nitrogens with zero attached hydrogens (tertiary/aromatic N) is 2. The molecule has 3 aromatic rings. The first-order chi connectivity index (χ1) is 12.9. The van der Waals surface area contributed by atoms with Crippen LogP contribution in [-0.2, 0) is 10.5 Å². The lowest BCUT2D eigenvalue weighted by Crippen LogP contribution is -2.24. The number of hydrogen-bond donors (Lipinski definition) is 0. The smallest absolute Gasteiger partial charge is 0.230 e. The van der Waals surface area contributed by atoms with Gasteiger partial charge in [0.15, 0.2) is 5.13 Å². The Morgan fingerprint density at radius 2 is 2.04 bits per heavy atom. The van der Waals surface area contributed by atoms with E-state index >= 15 is 0 Å². The Morgan fingerprint density at radius 1 is 1.30 bits per heavy atom. The summed E-state index contributed by atoms with van der Waals surface area (Å²) in [5.74, 6) is 0.112. The molecule has 3 rings (SSSR count). The molecule has 0 aliphatic carbocycles. The van der Waals surface area contributed by atoms with Crippen molar-refractivity contribution in [1.29, 1.82) is 0 Å². The molecule has 0 saturated carbocycles. The number of rotatable bonds is 5. The first kappa shape index (κ1) is 19.9. The number of amides is 1. The quantitative estimate of drug-likeness (QED) is 0.440. The second kappa shape index (κ2) is 8.42. The summed E-state index contributed by atoms with van der Waals surface area (Å²) in [5, 5.41) is 2.96. The van der Waals surface area contributed by atoms with Crippen molar-refractivity contribution in [3.63, 3.8) is 0 Å². The van der Waals surface area contributed by atoms with Gasteiger partial charge in [-0.15, -0.1) is 23.1 Å². The molecule has 140 valence electrons. The summed E-state index contributed by atoms with van der Waals surface area (Å²) in [5.41, 5.74) is 3.38. The van der Waals surface area contributed by atoms with Crippen LogP contribution in [0.2, 0.25) is 5.02 Å². The highest BCUT2D eigenvalue weighted by molar-refractivity contribution is 7.98. The standard InChI is InChI=1S/C20H18ClFN2OS2/c1-12-8-13(2)19(16(21)9-12)24(14(3)25)20-23-15(11-27-20)10-26-18-7-5-4-6-17(18)22/h4-9,11H,10H2,1-3H3. The summed E-state index contributed by atoms with van der Waals surface area (Å²) < 4.78 is 13.8. The summed E-state index contributed by atoms with van der Waals surface area (Å²) in [7, 11) is 0. The van der Waals surface area contributed by atoms with Gasteiger partial charge >= 0.3 is 0 Å². The van der Waals surface area contributed by atoms with Gasteiger partial charge in [0.25, 0.3) is 0 Å². The van der Waals surface area contributed by atoms with Crippen LogP contribution in [-0.4, -0.2) is 10.9 Å². The van der Waals surface area contributed by atoms with Crippen molar-refractivity contribution in [2.45, 2.75) is 31.4 Å². The Hall–Kier alpha value is -1.89. The van der Waals surface area contributed by atoms with Gasteiger partial charge in [-0.3, -0.25) is 9.69 Å². The molecule has 7 heteroatoms. The van der Waals surface area contributed by atoms with E-state index in [0.29, 0.717) is 26.5 Å². The zero-order valence-electron chi connectivity index (χ0n) is 15.1. The molecule has 0 bridgehead atoms. The third kappa shape index (κ3) is 4.51. The normalized spacial score (nSPS) is 10.9. The van der Waals surface area contributed by atoms with E-state index in [4.69, 9.17) is 11.6 Å². The molecule has 0 aliphatic heterocycles. The van der Waals surface area contributed by atoms with E-state index in [1.807, 2.05) is 31.4 Å². The lowest BCUT2D eigenvalue weighted by Gasteiger charge is -2.22. The first-order valence-electron chi connectivity index (χ1n) is 8.26. The van der Waals surface area contributed by atoms with E-state index in [1.165, 1.54) is 36.1 Å². The maximum atomic E-state index is 13.8. The van der Waals surface area contributed by atoms with E-state index < -0.39 is 0 Å². The minimum absolute atomic E-state index is 0.161. The summed E-state index contributed by atoms with van der Waals surface area (Å²) in [6.07, 6.45) is 0. The van der Waals surface area contributed by atoms with E-state index in [2.05, 4.69) is 4.98 Å². The number of thiazole rings is 1. The molecule has 1 heterocycles. The van der Waals surface area contributed by atoms with Crippen molar-refractivity contribution in [3.8, 4) is 0 Å². The van der Waals surface area contributed by atoms with E-state index in [9.17, 15) is 9.18 Å². The molecule has 0 spiro atoms. The average Bonchev–Trinajstić information content (AvgIpc) is 3.05. The van der Waals surface area contributed by atoms with Gasteiger partial charge in [-0.1, -0.05) is 29.8 Å². The molecule has 0 atom stereocenters. The Bertz CT molecular complexity index is 967. The fourth-order valence-corrected chi connectivity index (χ4v) is 4.97. The number of hydrogen-bond acceptors (Lipinski definition) is 4. The van der Waals surface area contributed by atoms with Crippen LogP contribution in [0, 0.1) is 19.7 Å². The van der Waals surface area contributed by atoms with Crippen LogP contribution in [0.15, 0.2) is 46.7 Å². The van der Waals surface area contributed by atoms with Crippen LogP contribution in [0.25, 0.3) is 0 Å². The van der Waals surface area contributed by atoms with Crippen LogP contribution < -0.4 is 4.90 Å².